The van der Waals surface area contributed by atoms with E-state index in [9.17, 15) is 8.78 Å². The summed E-state index contributed by atoms with van der Waals surface area (Å²) in [5, 5.41) is 6.37. The Morgan fingerprint density at radius 2 is 1.97 bits per heavy atom. The fraction of sp³-hybridized carbons (Fsp3) is 0.400. The van der Waals surface area contributed by atoms with Gasteiger partial charge < -0.3 is 20.3 Å². The molecule has 2 N–H and O–H groups in total. The monoisotopic (exact) mass is 517 g/mol. The summed E-state index contributed by atoms with van der Waals surface area (Å²) in [5.74, 6) is 0.506. The molecule has 0 radical (unpaired) electrons. The molecule has 2 aromatic rings. The quantitative estimate of drug-likeness (QED) is 0.351. The van der Waals surface area contributed by atoms with Crippen molar-refractivity contribution in [3.8, 4) is 0 Å². The van der Waals surface area contributed by atoms with E-state index >= 15 is 0 Å². The molecule has 0 aliphatic carbocycles. The molecule has 1 aromatic carbocycles. The number of aromatic nitrogens is 1. The van der Waals surface area contributed by atoms with Crippen LogP contribution in [-0.4, -0.2) is 43.8 Å². The zero-order valence-electron chi connectivity index (χ0n) is 16.3. The topological polar surface area (TPSA) is 61.8 Å². The molecule has 0 bridgehead atoms. The van der Waals surface area contributed by atoms with Crippen molar-refractivity contribution in [1.82, 2.24) is 15.6 Å². The second-order valence-electron chi connectivity index (χ2n) is 6.37. The molecule has 0 spiro atoms. The third-order valence-electron chi connectivity index (χ3n) is 4.38. The lowest BCUT2D eigenvalue weighted by molar-refractivity contribution is 0.122. The number of aliphatic imine (C=N–C) groups is 1. The lowest BCUT2D eigenvalue weighted by Gasteiger charge is -2.29. The number of benzene rings is 1. The summed E-state index contributed by atoms with van der Waals surface area (Å²) < 4.78 is 32.6. The van der Waals surface area contributed by atoms with Crippen LogP contribution in [0.2, 0.25) is 0 Å². The zero-order chi connectivity index (χ0) is 19.8. The minimum atomic E-state index is -0.477. The lowest BCUT2D eigenvalue weighted by Crippen LogP contribution is -2.39. The molecular formula is C20H26F2IN5O. The SMILES string of the molecule is CCNC(=NCc1cc(F)ccc1F)NCc1cccnc1N1CCOCC1.I. The van der Waals surface area contributed by atoms with E-state index in [1.54, 1.807) is 6.20 Å². The van der Waals surface area contributed by atoms with Gasteiger partial charge in [-0.3, -0.25) is 0 Å². The van der Waals surface area contributed by atoms with E-state index in [1.165, 1.54) is 6.07 Å². The predicted octanol–water partition coefficient (Wildman–Crippen LogP) is 3.07. The van der Waals surface area contributed by atoms with E-state index in [0.717, 1.165) is 36.6 Å². The predicted molar refractivity (Wildman–Crippen MR) is 121 cm³/mol. The highest BCUT2D eigenvalue weighted by molar-refractivity contribution is 14.0. The van der Waals surface area contributed by atoms with Crippen LogP contribution in [0.1, 0.15) is 18.1 Å². The number of rotatable bonds is 6. The number of nitrogens with zero attached hydrogens (tertiary/aromatic N) is 3. The van der Waals surface area contributed by atoms with Crippen molar-refractivity contribution < 1.29 is 13.5 Å². The highest BCUT2D eigenvalue weighted by Gasteiger charge is 2.16. The van der Waals surface area contributed by atoms with Gasteiger partial charge in [-0.15, -0.1) is 24.0 Å². The van der Waals surface area contributed by atoms with Crippen LogP contribution in [0.15, 0.2) is 41.5 Å². The van der Waals surface area contributed by atoms with E-state index in [1.807, 2.05) is 19.1 Å². The highest BCUT2D eigenvalue weighted by atomic mass is 127. The van der Waals surface area contributed by atoms with Gasteiger partial charge in [-0.25, -0.2) is 18.8 Å². The maximum Gasteiger partial charge on any atom is 0.191 e. The Bertz CT molecular complexity index is 815. The van der Waals surface area contributed by atoms with E-state index < -0.39 is 11.6 Å². The molecule has 1 aromatic heterocycles. The normalized spacial score (nSPS) is 14.3. The standard InChI is InChI=1S/C20H25F2N5O.HI/c1-2-23-20(26-14-16-12-17(21)5-6-18(16)22)25-13-15-4-3-7-24-19(15)27-8-10-28-11-9-27;/h3-7,12H,2,8-11,13-14H2,1H3,(H2,23,25,26);1H. The minimum Gasteiger partial charge on any atom is -0.378 e. The number of hydrogen-bond donors (Lipinski definition) is 2. The van der Waals surface area contributed by atoms with Gasteiger partial charge >= 0.3 is 0 Å². The second kappa shape index (κ2) is 11.9. The molecule has 1 saturated heterocycles. The largest absolute Gasteiger partial charge is 0.378 e. The molecule has 158 valence electrons. The first-order valence-corrected chi connectivity index (χ1v) is 9.40. The molecule has 1 aliphatic heterocycles. The van der Waals surface area contributed by atoms with Gasteiger partial charge in [0.25, 0.3) is 0 Å². The molecule has 0 atom stereocenters. The van der Waals surface area contributed by atoms with Gasteiger partial charge in [-0.1, -0.05) is 6.07 Å². The summed E-state index contributed by atoms with van der Waals surface area (Å²) in [6, 6.07) is 7.29. The van der Waals surface area contributed by atoms with Gasteiger partial charge in [0.15, 0.2) is 5.96 Å². The van der Waals surface area contributed by atoms with Crippen molar-refractivity contribution in [2.75, 3.05) is 37.7 Å². The van der Waals surface area contributed by atoms with E-state index in [0.29, 0.717) is 32.3 Å². The molecule has 2 heterocycles. The van der Waals surface area contributed by atoms with Crippen molar-refractivity contribution in [2.24, 2.45) is 4.99 Å². The smallest absolute Gasteiger partial charge is 0.191 e. The van der Waals surface area contributed by atoms with Crippen molar-refractivity contribution in [3.63, 3.8) is 0 Å². The Kier molecular flexibility index (Phi) is 9.52. The molecule has 9 heteroatoms. The van der Waals surface area contributed by atoms with E-state index in [4.69, 9.17) is 4.74 Å². The number of nitrogens with one attached hydrogen (secondary N) is 2. The molecule has 0 saturated carbocycles. The van der Waals surface area contributed by atoms with Crippen LogP contribution in [0.25, 0.3) is 0 Å². The van der Waals surface area contributed by atoms with E-state index in [-0.39, 0.29) is 36.1 Å². The van der Waals surface area contributed by atoms with Gasteiger partial charge in [-0.2, -0.15) is 0 Å². The number of guanidine groups is 1. The van der Waals surface area contributed by atoms with Gasteiger partial charge in [0.05, 0.1) is 19.8 Å². The number of pyridine rings is 1. The minimum absolute atomic E-state index is 0. The lowest BCUT2D eigenvalue weighted by atomic mass is 10.2. The Labute approximate surface area is 186 Å². The average Bonchev–Trinajstić information content (AvgIpc) is 2.73. The first-order valence-electron chi connectivity index (χ1n) is 9.40. The molecule has 0 unspecified atom stereocenters. The number of anilines is 1. The number of ether oxygens (including phenoxy) is 1. The first-order chi connectivity index (χ1) is 13.7. The van der Waals surface area contributed by atoms with Crippen LogP contribution >= 0.6 is 24.0 Å². The Balaban J connectivity index is 0.00000300. The Morgan fingerprint density at radius 3 is 2.72 bits per heavy atom. The summed E-state index contributed by atoms with van der Waals surface area (Å²) in [6.45, 7) is 6.14. The molecule has 1 aliphatic rings. The zero-order valence-corrected chi connectivity index (χ0v) is 18.7. The molecule has 3 rings (SSSR count). The van der Waals surface area contributed by atoms with Crippen molar-refractivity contribution >= 4 is 35.8 Å². The van der Waals surface area contributed by atoms with Crippen LogP contribution in [0, 0.1) is 11.6 Å². The van der Waals surface area contributed by atoms with Gasteiger partial charge in [0.1, 0.15) is 17.5 Å². The van der Waals surface area contributed by atoms with Crippen molar-refractivity contribution in [1.29, 1.82) is 0 Å². The van der Waals surface area contributed by atoms with Crippen LogP contribution in [-0.2, 0) is 17.8 Å². The third kappa shape index (κ3) is 6.77. The summed E-state index contributed by atoms with van der Waals surface area (Å²) in [7, 11) is 0. The Hall–Kier alpha value is -2.01. The fourth-order valence-corrected chi connectivity index (χ4v) is 2.98. The van der Waals surface area contributed by atoms with Crippen LogP contribution in [0.3, 0.4) is 0 Å². The summed E-state index contributed by atoms with van der Waals surface area (Å²) in [5.41, 5.74) is 1.25. The third-order valence-corrected chi connectivity index (χ3v) is 4.38. The summed E-state index contributed by atoms with van der Waals surface area (Å²) in [6.07, 6.45) is 1.78. The van der Waals surface area contributed by atoms with Gasteiger partial charge in [0.2, 0.25) is 0 Å². The highest BCUT2D eigenvalue weighted by Crippen LogP contribution is 2.18. The molecular weight excluding hydrogens is 491 g/mol. The van der Waals surface area contributed by atoms with Crippen molar-refractivity contribution in [2.45, 2.75) is 20.0 Å². The Morgan fingerprint density at radius 1 is 1.17 bits per heavy atom. The number of morpholine rings is 1. The average molecular weight is 517 g/mol. The molecule has 0 amide bonds. The molecule has 1 fully saturated rings. The first kappa shape index (κ1) is 23.3. The molecule has 6 nitrogen and oxygen atoms in total. The maximum absolute atomic E-state index is 13.8. The summed E-state index contributed by atoms with van der Waals surface area (Å²) >= 11 is 0. The second-order valence-corrected chi connectivity index (χ2v) is 6.37. The fourth-order valence-electron chi connectivity index (χ4n) is 2.98. The molecule has 29 heavy (non-hydrogen) atoms. The van der Waals surface area contributed by atoms with Crippen molar-refractivity contribution in [3.05, 3.63) is 59.3 Å². The van der Waals surface area contributed by atoms with Gasteiger partial charge in [-0.05, 0) is 31.2 Å². The number of halogens is 3. The van der Waals surface area contributed by atoms with Crippen LogP contribution < -0.4 is 15.5 Å². The van der Waals surface area contributed by atoms with E-state index in [2.05, 4.69) is 25.5 Å². The maximum atomic E-state index is 13.8. The van der Waals surface area contributed by atoms with Crippen LogP contribution in [0.5, 0.6) is 0 Å². The summed E-state index contributed by atoms with van der Waals surface area (Å²) in [4.78, 5) is 11.1. The van der Waals surface area contributed by atoms with Crippen LogP contribution in [0.4, 0.5) is 14.6 Å². The van der Waals surface area contributed by atoms with Gasteiger partial charge in [0, 0.05) is 43.5 Å². The number of hydrogen-bond acceptors (Lipinski definition) is 4.